The van der Waals surface area contributed by atoms with Crippen LogP contribution in [0.2, 0.25) is 0 Å². The highest BCUT2D eigenvalue weighted by Crippen LogP contribution is 2.36. The molecule has 0 spiro atoms. The predicted molar refractivity (Wildman–Crippen MR) is 91.9 cm³/mol. The number of aliphatic hydroxyl groups excluding tert-OH is 1. The molecule has 4 rings (SSSR count). The zero-order valence-corrected chi connectivity index (χ0v) is 14.2. The predicted octanol–water partition coefficient (Wildman–Crippen LogP) is 2.06. The van der Waals surface area contributed by atoms with E-state index in [0.29, 0.717) is 11.7 Å². The number of fused-ring (bicyclic) bond motifs is 1. The first-order valence-corrected chi connectivity index (χ1v) is 9.63. The Bertz CT molecular complexity index is 877. The summed E-state index contributed by atoms with van der Waals surface area (Å²) >= 11 is 0. The molecule has 1 aromatic carbocycles. The Hall–Kier alpha value is -2.06. The van der Waals surface area contributed by atoms with Crippen LogP contribution in [0.25, 0.3) is 0 Å². The van der Waals surface area contributed by atoms with Crippen LogP contribution >= 0.6 is 0 Å². The molecule has 3 N–H and O–H groups in total. The quantitative estimate of drug-likeness (QED) is 0.789. The van der Waals surface area contributed by atoms with Crippen molar-refractivity contribution in [2.24, 2.45) is 0 Å². The second-order valence-electron chi connectivity index (χ2n) is 6.56. The highest BCUT2D eigenvalue weighted by Gasteiger charge is 2.30. The van der Waals surface area contributed by atoms with Gasteiger partial charge in [-0.25, -0.2) is 8.42 Å². The van der Waals surface area contributed by atoms with E-state index in [-0.39, 0.29) is 11.9 Å². The number of rotatable bonds is 3. The lowest BCUT2D eigenvalue weighted by Gasteiger charge is -2.11. The number of aromatic nitrogens is 2. The maximum atomic E-state index is 11.9. The molecule has 24 heavy (non-hydrogen) atoms. The highest BCUT2D eigenvalue weighted by atomic mass is 32.2. The van der Waals surface area contributed by atoms with Crippen molar-refractivity contribution >= 4 is 27.2 Å². The summed E-state index contributed by atoms with van der Waals surface area (Å²) in [6, 6.07) is 7.47. The average molecular weight is 348 g/mol. The molecule has 2 heterocycles. The lowest BCUT2D eigenvalue weighted by molar-refractivity contribution is 0.181. The molecule has 128 valence electrons. The molecule has 0 saturated heterocycles. The monoisotopic (exact) mass is 348 g/mol. The summed E-state index contributed by atoms with van der Waals surface area (Å²) in [5.41, 5.74) is 3.35. The maximum absolute atomic E-state index is 11.9. The van der Waals surface area contributed by atoms with Crippen molar-refractivity contribution in [1.29, 1.82) is 0 Å². The maximum Gasteiger partial charge on any atom is 0.239 e. The van der Waals surface area contributed by atoms with E-state index in [0.717, 1.165) is 41.9 Å². The summed E-state index contributed by atoms with van der Waals surface area (Å²) in [5, 5.41) is 20.2. The van der Waals surface area contributed by atoms with Gasteiger partial charge in [-0.1, -0.05) is 0 Å². The number of H-pyrrole nitrogens is 1. The van der Waals surface area contributed by atoms with E-state index in [4.69, 9.17) is 0 Å². The number of anilines is 3. The van der Waals surface area contributed by atoms with Crippen LogP contribution in [0.15, 0.2) is 24.3 Å². The van der Waals surface area contributed by atoms with Crippen LogP contribution < -0.4 is 9.62 Å². The van der Waals surface area contributed by atoms with Gasteiger partial charge in [-0.3, -0.25) is 9.40 Å². The SMILES string of the molecule is CN1c2ccc(Nc3cc(C4CCC(O)C4)[nH]n3)cc2CS1(=O)=O. The van der Waals surface area contributed by atoms with E-state index in [9.17, 15) is 13.5 Å². The van der Waals surface area contributed by atoms with Gasteiger partial charge >= 0.3 is 0 Å². The number of aromatic amines is 1. The number of sulfonamides is 1. The molecule has 1 aromatic heterocycles. The molecule has 0 radical (unpaired) electrons. The Labute approximate surface area is 140 Å². The van der Waals surface area contributed by atoms with Crippen molar-refractivity contribution in [2.45, 2.75) is 37.0 Å². The smallest absolute Gasteiger partial charge is 0.239 e. The molecule has 0 amide bonds. The topological polar surface area (TPSA) is 98.3 Å². The van der Waals surface area contributed by atoms with Gasteiger partial charge in [-0.05, 0) is 43.0 Å². The van der Waals surface area contributed by atoms with Gasteiger partial charge in [0.15, 0.2) is 5.82 Å². The fourth-order valence-corrected chi connectivity index (χ4v) is 4.82. The summed E-state index contributed by atoms with van der Waals surface area (Å²) in [5.74, 6) is 1.04. The lowest BCUT2D eigenvalue weighted by Crippen LogP contribution is -2.20. The average Bonchev–Trinajstić information content (AvgIpc) is 3.19. The summed E-state index contributed by atoms with van der Waals surface area (Å²) in [6.45, 7) is 0. The van der Waals surface area contributed by atoms with Crippen molar-refractivity contribution in [3.63, 3.8) is 0 Å². The van der Waals surface area contributed by atoms with E-state index in [1.165, 1.54) is 4.31 Å². The van der Waals surface area contributed by atoms with E-state index in [1.807, 2.05) is 24.3 Å². The van der Waals surface area contributed by atoms with Gasteiger partial charge in [-0.15, -0.1) is 0 Å². The van der Waals surface area contributed by atoms with E-state index in [1.54, 1.807) is 7.05 Å². The van der Waals surface area contributed by atoms with Gasteiger partial charge in [0.1, 0.15) is 0 Å². The first-order valence-electron chi connectivity index (χ1n) is 8.02. The molecule has 2 unspecified atom stereocenters. The molecule has 2 atom stereocenters. The first-order chi connectivity index (χ1) is 11.4. The molecule has 7 nitrogen and oxygen atoms in total. The molecule has 8 heteroatoms. The Balaban J connectivity index is 1.52. The zero-order chi connectivity index (χ0) is 16.9. The summed E-state index contributed by atoms with van der Waals surface area (Å²) in [4.78, 5) is 0. The number of hydrogen-bond donors (Lipinski definition) is 3. The summed E-state index contributed by atoms with van der Waals surface area (Å²) in [6.07, 6.45) is 2.35. The minimum atomic E-state index is -3.23. The van der Waals surface area contributed by atoms with Crippen molar-refractivity contribution in [2.75, 3.05) is 16.7 Å². The lowest BCUT2D eigenvalue weighted by atomic mass is 10.0. The van der Waals surface area contributed by atoms with Gasteiger partial charge in [0.05, 0.1) is 17.5 Å². The standard InChI is InChI=1S/C16H20N4O3S/c1-20-15-5-3-12(6-11(15)9-24(20,22)23)17-16-8-14(18-19-16)10-2-4-13(21)7-10/h3,5-6,8,10,13,21H,2,4,7,9H2,1H3,(H2,17,18,19). The van der Waals surface area contributed by atoms with Gasteiger partial charge in [0.25, 0.3) is 0 Å². The molecular formula is C16H20N4O3S. The number of hydrogen-bond acceptors (Lipinski definition) is 5. The van der Waals surface area contributed by atoms with Crippen LogP contribution in [0.5, 0.6) is 0 Å². The van der Waals surface area contributed by atoms with Crippen LogP contribution in [0, 0.1) is 0 Å². The molecule has 2 aromatic rings. The van der Waals surface area contributed by atoms with Crippen molar-refractivity contribution in [3.8, 4) is 0 Å². The van der Waals surface area contributed by atoms with Crippen molar-refractivity contribution < 1.29 is 13.5 Å². The normalized spacial score (nSPS) is 25.0. The third-order valence-electron chi connectivity index (χ3n) is 4.89. The Morgan fingerprint density at radius 2 is 2.17 bits per heavy atom. The molecule has 1 saturated carbocycles. The molecule has 2 aliphatic rings. The Morgan fingerprint density at radius 3 is 2.92 bits per heavy atom. The van der Waals surface area contributed by atoms with Crippen LogP contribution in [0.4, 0.5) is 17.2 Å². The van der Waals surface area contributed by atoms with Gasteiger partial charge in [0.2, 0.25) is 10.0 Å². The molecule has 0 bridgehead atoms. The highest BCUT2D eigenvalue weighted by molar-refractivity contribution is 7.92. The summed E-state index contributed by atoms with van der Waals surface area (Å²) < 4.78 is 25.2. The van der Waals surface area contributed by atoms with E-state index >= 15 is 0 Å². The second kappa shape index (κ2) is 5.49. The van der Waals surface area contributed by atoms with E-state index in [2.05, 4.69) is 15.5 Å². The first kappa shape index (κ1) is 15.5. The number of nitrogens with one attached hydrogen (secondary N) is 2. The van der Waals surface area contributed by atoms with E-state index < -0.39 is 10.0 Å². The van der Waals surface area contributed by atoms with Crippen molar-refractivity contribution in [3.05, 3.63) is 35.5 Å². The summed E-state index contributed by atoms with van der Waals surface area (Å²) in [7, 11) is -1.65. The molecular weight excluding hydrogens is 328 g/mol. The minimum absolute atomic E-state index is 0.0279. The fourth-order valence-electron chi connectivity index (χ4n) is 3.53. The fraction of sp³-hybridized carbons (Fsp3) is 0.438. The Morgan fingerprint density at radius 1 is 1.33 bits per heavy atom. The van der Waals surface area contributed by atoms with Crippen molar-refractivity contribution in [1.82, 2.24) is 10.2 Å². The zero-order valence-electron chi connectivity index (χ0n) is 13.4. The van der Waals surface area contributed by atoms with Gasteiger partial charge < -0.3 is 10.4 Å². The van der Waals surface area contributed by atoms with Crippen LogP contribution in [0.3, 0.4) is 0 Å². The molecule has 1 aliphatic carbocycles. The van der Waals surface area contributed by atoms with Gasteiger partial charge in [0, 0.05) is 30.4 Å². The Kier molecular flexibility index (Phi) is 3.54. The number of aliphatic hydroxyl groups is 1. The van der Waals surface area contributed by atoms with Crippen LogP contribution in [-0.2, 0) is 15.8 Å². The molecule has 1 aliphatic heterocycles. The third-order valence-corrected chi connectivity index (χ3v) is 6.60. The number of benzene rings is 1. The largest absolute Gasteiger partial charge is 0.393 e. The minimum Gasteiger partial charge on any atom is -0.393 e. The van der Waals surface area contributed by atoms with Crippen LogP contribution in [-0.4, -0.2) is 36.9 Å². The van der Waals surface area contributed by atoms with Crippen LogP contribution in [0.1, 0.15) is 36.4 Å². The van der Waals surface area contributed by atoms with Gasteiger partial charge in [-0.2, -0.15) is 5.10 Å². The third kappa shape index (κ3) is 2.65. The number of nitrogens with zero attached hydrogens (tertiary/aromatic N) is 2. The molecule has 1 fully saturated rings. The second-order valence-corrected chi connectivity index (χ2v) is 8.56.